The molecule has 1 saturated heterocycles. The number of carbonyl (C=O) groups excluding carboxylic acids is 1. The van der Waals surface area contributed by atoms with Gasteiger partial charge in [0.05, 0.1) is 0 Å². The molecule has 0 aromatic heterocycles. The molecule has 1 aliphatic rings. The van der Waals surface area contributed by atoms with Gasteiger partial charge in [-0.3, -0.25) is 5.41 Å². The maximum absolute atomic E-state index is 11.5. The monoisotopic (exact) mass is 256 g/mol. The molecule has 6 nitrogen and oxygen atoms in total. The number of nitrogens with two attached hydrogens (primary N) is 1. The summed E-state index contributed by atoms with van der Waals surface area (Å²) in [4.78, 5) is 13.3. The third-order valence-electron chi connectivity index (χ3n) is 2.81. The molecule has 18 heavy (non-hydrogen) atoms. The number of hydrogen-bond acceptors (Lipinski definition) is 4. The Kier molecular flexibility index (Phi) is 4.95. The van der Waals surface area contributed by atoms with E-state index in [-0.39, 0.29) is 11.6 Å². The predicted octanol–water partition coefficient (Wildman–Crippen LogP) is 1.12. The van der Waals surface area contributed by atoms with Gasteiger partial charge in [0, 0.05) is 18.6 Å². The standard InChI is InChI=1S/C12H24N4O2/c1-12(2,3)15-11(17)18-10(14)16-6-4-5-9(7-13)8-16/h9,14H,4-8,13H2,1-3H3,(H,15,17). The van der Waals surface area contributed by atoms with Crippen molar-refractivity contribution in [3.05, 3.63) is 0 Å². The predicted molar refractivity (Wildman–Crippen MR) is 70.4 cm³/mol. The molecular formula is C12H24N4O2. The van der Waals surface area contributed by atoms with Gasteiger partial charge in [-0.15, -0.1) is 0 Å². The molecule has 0 aromatic carbocycles. The minimum Gasteiger partial charge on any atom is -0.376 e. The van der Waals surface area contributed by atoms with E-state index in [1.165, 1.54) is 0 Å². The van der Waals surface area contributed by atoms with Crippen molar-refractivity contribution in [2.75, 3.05) is 19.6 Å². The molecular weight excluding hydrogens is 232 g/mol. The highest BCUT2D eigenvalue weighted by molar-refractivity contribution is 5.85. The largest absolute Gasteiger partial charge is 0.415 e. The molecule has 0 aliphatic carbocycles. The molecule has 1 rings (SSSR count). The first-order valence-electron chi connectivity index (χ1n) is 6.35. The third kappa shape index (κ3) is 4.91. The van der Waals surface area contributed by atoms with Crippen molar-refractivity contribution < 1.29 is 9.53 Å². The lowest BCUT2D eigenvalue weighted by Crippen LogP contribution is -2.47. The molecule has 104 valence electrons. The number of ether oxygens (including phenoxy) is 1. The van der Waals surface area contributed by atoms with Gasteiger partial charge in [0.15, 0.2) is 0 Å². The molecule has 1 heterocycles. The topological polar surface area (TPSA) is 91.4 Å². The smallest absolute Gasteiger partial charge is 0.376 e. The molecule has 0 bridgehead atoms. The average molecular weight is 256 g/mol. The number of carbonyl (C=O) groups is 1. The van der Waals surface area contributed by atoms with Crippen molar-refractivity contribution in [2.45, 2.75) is 39.2 Å². The van der Waals surface area contributed by atoms with Crippen molar-refractivity contribution in [3.8, 4) is 0 Å². The Hall–Kier alpha value is -1.30. The number of amidine groups is 1. The van der Waals surface area contributed by atoms with Gasteiger partial charge >= 0.3 is 6.09 Å². The van der Waals surface area contributed by atoms with Gasteiger partial charge in [0.25, 0.3) is 6.02 Å². The second-order valence-electron chi connectivity index (χ2n) is 5.76. The third-order valence-corrected chi connectivity index (χ3v) is 2.81. The van der Waals surface area contributed by atoms with Crippen molar-refractivity contribution >= 4 is 12.1 Å². The zero-order valence-corrected chi connectivity index (χ0v) is 11.5. The summed E-state index contributed by atoms with van der Waals surface area (Å²) < 4.78 is 4.98. The van der Waals surface area contributed by atoms with Crippen LogP contribution in [-0.2, 0) is 4.74 Å². The molecule has 1 atom stereocenters. The van der Waals surface area contributed by atoms with Crippen LogP contribution >= 0.6 is 0 Å². The Morgan fingerprint density at radius 2 is 2.22 bits per heavy atom. The summed E-state index contributed by atoms with van der Waals surface area (Å²) in [5.74, 6) is 0.383. The highest BCUT2D eigenvalue weighted by Crippen LogP contribution is 2.15. The van der Waals surface area contributed by atoms with Crippen LogP contribution < -0.4 is 11.1 Å². The minimum absolute atomic E-state index is 0.0881. The van der Waals surface area contributed by atoms with Crippen LogP contribution in [0, 0.1) is 11.3 Å². The average Bonchev–Trinajstić information content (AvgIpc) is 2.26. The van der Waals surface area contributed by atoms with Crippen molar-refractivity contribution in [2.24, 2.45) is 11.7 Å². The van der Waals surface area contributed by atoms with E-state index in [0.29, 0.717) is 19.0 Å². The number of likely N-dealkylation sites (tertiary alicyclic amines) is 1. The van der Waals surface area contributed by atoms with Crippen molar-refractivity contribution in [3.63, 3.8) is 0 Å². The van der Waals surface area contributed by atoms with Crippen LogP contribution in [0.4, 0.5) is 4.79 Å². The number of alkyl carbamates (subject to hydrolysis) is 1. The summed E-state index contributed by atoms with van der Waals surface area (Å²) in [6.45, 7) is 7.64. The number of hydrogen-bond donors (Lipinski definition) is 3. The highest BCUT2D eigenvalue weighted by atomic mass is 16.6. The normalized spacial score (nSPS) is 20.4. The second kappa shape index (κ2) is 6.04. The fraction of sp³-hybridized carbons (Fsp3) is 0.833. The van der Waals surface area contributed by atoms with E-state index < -0.39 is 6.09 Å². The van der Waals surface area contributed by atoms with Crippen LogP contribution in [0.1, 0.15) is 33.6 Å². The van der Waals surface area contributed by atoms with Gasteiger partial charge in [-0.25, -0.2) is 4.79 Å². The van der Waals surface area contributed by atoms with Crippen molar-refractivity contribution in [1.29, 1.82) is 5.41 Å². The van der Waals surface area contributed by atoms with E-state index in [1.54, 1.807) is 4.90 Å². The Labute approximate surface area is 108 Å². The first kappa shape index (κ1) is 14.8. The lowest BCUT2D eigenvalue weighted by Gasteiger charge is -2.32. The minimum atomic E-state index is -0.581. The highest BCUT2D eigenvalue weighted by Gasteiger charge is 2.24. The summed E-state index contributed by atoms with van der Waals surface area (Å²) in [5, 5.41) is 10.4. The van der Waals surface area contributed by atoms with Crippen LogP contribution in [0.3, 0.4) is 0 Å². The zero-order chi connectivity index (χ0) is 13.8. The van der Waals surface area contributed by atoms with E-state index >= 15 is 0 Å². The second-order valence-corrected chi connectivity index (χ2v) is 5.76. The zero-order valence-electron chi connectivity index (χ0n) is 11.5. The molecule has 0 saturated carbocycles. The summed E-state index contributed by atoms with van der Waals surface area (Å²) in [5.41, 5.74) is 5.27. The van der Waals surface area contributed by atoms with E-state index in [1.807, 2.05) is 20.8 Å². The number of amides is 1. The van der Waals surface area contributed by atoms with Gasteiger partial charge < -0.3 is 20.7 Å². The Balaban J connectivity index is 2.42. The van der Waals surface area contributed by atoms with Gasteiger partial charge in [0.1, 0.15) is 0 Å². The lowest BCUT2D eigenvalue weighted by molar-refractivity contribution is 0.163. The van der Waals surface area contributed by atoms with Crippen molar-refractivity contribution in [1.82, 2.24) is 10.2 Å². The molecule has 0 aromatic rings. The van der Waals surface area contributed by atoms with Crippen LogP contribution in [0.5, 0.6) is 0 Å². The molecule has 1 amide bonds. The number of nitrogens with one attached hydrogen (secondary N) is 2. The van der Waals surface area contributed by atoms with Gasteiger partial charge in [-0.05, 0) is 46.1 Å². The van der Waals surface area contributed by atoms with E-state index in [4.69, 9.17) is 15.9 Å². The fourth-order valence-corrected chi connectivity index (χ4v) is 1.93. The first-order valence-corrected chi connectivity index (χ1v) is 6.35. The number of piperidine rings is 1. The van der Waals surface area contributed by atoms with Gasteiger partial charge in [0.2, 0.25) is 0 Å². The fourth-order valence-electron chi connectivity index (χ4n) is 1.93. The van der Waals surface area contributed by atoms with Crippen LogP contribution in [0.25, 0.3) is 0 Å². The van der Waals surface area contributed by atoms with Crippen LogP contribution in [0.15, 0.2) is 0 Å². The van der Waals surface area contributed by atoms with Gasteiger partial charge in [-0.2, -0.15) is 0 Å². The Morgan fingerprint density at radius 1 is 1.56 bits per heavy atom. The van der Waals surface area contributed by atoms with Gasteiger partial charge in [-0.1, -0.05) is 0 Å². The molecule has 4 N–H and O–H groups in total. The molecule has 1 aliphatic heterocycles. The van der Waals surface area contributed by atoms with E-state index in [0.717, 1.165) is 19.4 Å². The summed E-state index contributed by atoms with van der Waals surface area (Å²) in [7, 11) is 0. The SMILES string of the molecule is CC(C)(C)NC(=O)OC(=N)N1CCCC(CN)C1. The Bertz CT molecular complexity index is 312. The maximum atomic E-state index is 11.5. The Morgan fingerprint density at radius 3 is 2.78 bits per heavy atom. The summed E-state index contributed by atoms with van der Waals surface area (Å²) in [6.07, 6.45) is 1.48. The lowest BCUT2D eigenvalue weighted by atomic mass is 9.99. The maximum Gasteiger partial charge on any atom is 0.415 e. The molecule has 0 radical (unpaired) electrons. The summed E-state index contributed by atoms with van der Waals surface area (Å²) >= 11 is 0. The number of nitrogens with zero attached hydrogens (tertiary/aromatic N) is 1. The van der Waals surface area contributed by atoms with Crippen LogP contribution in [-0.4, -0.2) is 42.2 Å². The van der Waals surface area contributed by atoms with E-state index in [9.17, 15) is 4.79 Å². The molecule has 0 spiro atoms. The molecule has 1 fully saturated rings. The first-order chi connectivity index (χ1) is 8.31. The quantitative estimate of drug-likeness (QED) is 0.484. The molecule has 6 heteroatoms. The molecule has 1 unspecified atom stereocenters. The van der Waals surface area contributed by atoms with Crippen LogP contribution in [0.2, 0.25) is 0 Å². The summed E-state index contributed by atoms with van der Waals surface area (Å²) in [6, 6.07) is -0.0881. The van der Waals surface area contributed by atoms with E-state index in [2.05, 4.69) is 5.32 Å². The number of rotatable bonds is 1.